The number of H-pyrrole nitrogens is 2. The summed E-state index contributed by atoms with van der Waals surface area (Å²) < 4.78 is 32.5. The van der Waals surface area contributed by atoms with Crippen molar-refractivity contribution in [3.63, 3.8) is 0 Å². The van der Waals surface area contributed by atoms with Gasteiger partial charge < -0.3 is 9.40 Å². The lowest BCUT2D eigenvalue weighted by molar-refractivity contribution is 0.0115. The Morgan fingerprint density at radius 2 is 1.92 bits per heavy atom. The van der Waals surface area contributed by atoms with Gasteiger partial charge in [-0.1, -0.05) is 0 Å². The van der Waals surface area contributed by atoms with Gasteiger partial charge in [-0.2, -0.15) is 5.10 Å². The SMILES string of the molecule is FC1(F)CCN(Cc2cncc(-c3cnc4n[nH]c(-c5nc6c(-c7ccoc7)cncc6[nH]5)c4c3)c2)C1. The van der Waals surface area contributed by atoms with Crippen LogP contribution in [0.4, 0.5) is 8.78 Å². The summed E-state index contributed by atoms with van der Waals surface area (Å²) in [5.41, 5.74) is 7.11. The highest BCUT2D eigenvalue weighted by molar-refractivity contribution is 5.96. The van der Waals surface area contributed by atoms with Gasteiger partial charge >= 0.3 is 0 Å². The monoisotopic (exact) mass is 498 g/mol. The first-order valence-electron chi connectivity index (χ1n) is 11.8. The number of fused-ring (bicyclic) bond motifs is 2. The number of pyridine rings is 3. The second kappa shape index (κ2) is 8.27. The van der Waals surface area contributed by atoms with Crippen molar-refractivity contribution in [1.82, 2.24) is 40.0 Å². The van der Waals surface area contributed by atoms with Gasteiger partial charge in [0.25, 0.3) is 5.92 Å². The molecule has 7 rings (SSSR count). The summed E-state index contributed by atoms with van der Waals surface area (Å²) in [5.74, 6) is -2.01. The molecule has 0 unspecified atom stereocenters. The van der Waals surface area contributed by atoms with Crippen LogP contribution in [0.15, 0.2) is 66.1 Å². The van der Waals surface area contributed by atoms with E-state index in [0.29, 0.717) is 30.3 Å². The van der Waals surface area contributed by atoms with E-state index in [-0.39, 0.29) is 13.0 Å². The zero-order valence-corrected chi connectivity index (χ0v) is 19.4. The van der Waals surface area contributed by atoms with Crippen LogP contribution >= 0.6 is 0 Å². The van der Waals surface area contributed by atoms with E-state index >= 15 is 0 Å². The van der Waals surface area contributed by atoms with Gasteiger partial charge in [-0.05, 0) is 23.8 Å². The highest BCUT2D eigenvalue weighted by Crippen LogP contribution is 2.33. The quantitative estimate of drug-likeness (QED) is 0.342. The lowest BCUT2D eigenvalue weighted by atomic mass is 10.1. The summed E-state index contributed by atoms with van der Waals surface area (Å²) in [5, 5.41) is 8.20. The molecule has 6 aromatic rings. The topological polar surface area (TPSA) is 112 Å². The number of hydrogen-bond acceptors (Lipinski definition) is 7. The summed E-state index contributed by atoms with van der Waals surface area (Å²) in [7, 11) is 0. The van der Waals surface area contributed by atoms with Gasteiger partial charge in [0, 0.05) is 66.6 Å². The first-order valence-corrected chi connectivity index (χ1v) is 11.8. The van der Waals surface area contributed by atoms with Crippen molar-refractivity contribution in [2.75, 3.05) is 13.1 Å². The van der Waals surface area contributed by atoms with Gasteiger partial charge in [0.1, 0.15) is 11.2 Å². The van der Waals surface area contributed by atoms with E-state index in [0.717, 1.165) is 44.2 Å². The lowest BCUT2D eigenvalue weighted by Gasteiger charge is -2.15. The third kappa shape index (κ3) is 3.93. The number of imidazole rings is 1. The minimum Gasteiger partial charge on any atom is -0.472 e. The number of likely N-dealkylation sites (tertiary alicyclic amines) is 1. The highest BCUT2D eigenvalue weighted by Gasteiger charge is 2.37. The molecule has 0 bridgehead atoms. The number of hydrogen-bond donors (Lipinski definition) is 2. The van der Waals surface area contributed by atoms with Crippen molar-refractivity contribution in [3.05, 3.63) is 67.3 Å². The molecule has 0 radical (unpaired) electrons. The third-order valence-electron chi connectivity index (χ3n) is 6.66. The van der Waals surface area contributed by atoms with Crippen molar-refractivity contribution in [1.29, 1.82) is 0 Å². The molecule has 37 heavy (non-hydrogen) atoms. The predicted molar refractivity (Wildman–Crippen MR) is 133 cm³/mol. The molecule has 1 aliphatic heterocycles. The van der Waals surface area contributed by atoms with E-state index in [1.54, 1.807) is 48.4 Å². The summed E-state index contributed by atoms with van der Waals surface area (Å²) in [6, 6.07) is 5.81. The lowest BCUT2D eigenvalue weighted by Crippen LogP contribution is -2.24. The molecule has 7 heterocycles. The van der Waals surface area contributed by atoms with Crippen LogP contribution in [-0.4, -0.2) is 59.0 Å². The van der Waals surface area contributed by atoms with Crippen LogP contribution in [-0.2, 0) is 6.54 Å². The number of nitrogens with zero attached hydrogens (tertiary/aromatic N) is 6. The zero-order chi connectivity index (χ0) is 25.0. The highest BCUT2D eigenvalue weighted by atomic mass is 19.3. The van der Waals surface area contributed by atoms with Crippen LogP contribution in [0.5, 0.6) is 0 Å². The van der Waals surface area contributed by atoms with Crippen LogP contribution in [0.2, 0.25) is 0 Å². The molecule has 9 nitrogen and oxygen atoms in total. The van der Waals surface area contributed by atoms with Gasteiger partial charge in [0.15, 0.2) is 11.5 Å². The molecule has 184 valence electrons. The molecule has 1 fully saturated rings. The average Bonchev–Trinajstić information content (AvgIpc) is 3.69. The molecule has 0 saturated carbocycles. The van der Waals surface area contributed by atoms with Gasteiger partial charge in [-0.25, -0.2) is 18.7 Å². The maximum Gasteiger partial charge on any atom is 0.261 e. The first-order chi connectivity index (χ1) is 18.0. The van der Waals surface area contributed by atoms with Crippen molar-refractivity contribution >= 4 is 22.1 Å². The zero-order valence-electron chi connectivity index (χ0n) is 19.4. The molecule has 11 heteroatoms. The first kappa shape index (κ1) is 21.7. The van der Waals surface area contributed by atoms with Gasteiger partial charge in [0.2, 0.25) is 0 Å². The predicted octanol–water partition coefficient (Wildman–Crippen LogP) is 5.06. The number of rotatable bonds is 5. The Labute approximate surface area is 208 Å². The third-order valence-corrected chi connectivity index (χ3v) is 6.66. The van der Waals surface area contributed by atoms with E-state index in [2.05, 4.69) is 30.1 Å². The molecule has 0 aliphatic carbocycles. The van der Waals surface area contributed by atoms with Crippen LogP contribution < -0.4 is 0 Å². The molecule has 0 aromatic carbocycles. The van der Waals surface area contributed by atoms with Crippen LogP contribution in [0.1, 0.15) is 12.0 Å². The normalized spacial score (nSPS) is 15.7. The standard InChI is InChI=1S/C26H20F2N8O/c27-26(28)2-3-36(14-26)12-15-5-17(8-29-7-15)18-6-19-23(34-35-24(19)31-9-18)25-32-21-11-30-10-20(22(21)33-25)16-1-4-37-13-16/h1,4-11,13H,2-3,12,14H2,(H,32,33)(H,31,34,35). The van der Waals surface area contributed by atoms with Gasteiger partial charge in [-0.15, -0.1) is 0 Å². The molecule has 6 aromatic heterocycles. The van der Waals surface area contributed by atoms with E-state index in [4.69, 9.17) is 9.40 Å². The second-order valence-electron chi connectivity index (χ2n) is 9.27. The van der Waals surface area contributed by atoms with Gasteiger partial charge in [0.05, 0.1) is 36.2 Å². The Morgan fingerprint density at radius 3 is 2.76 bits per heavy atom. The minimum absolute atomic E-state index is 0.106. The largest absolute Gasteiger partial charge is 0.472 e. The number of aromatic amines is 2. The maximum absolute atomic E-state index is 13.6. The summed E-state index contributed by atoms with van der Waals surface area (Å²) in [6.07, 6.45) is 11.8. The van der Waals surface area contributed by atoms with E-state index in [1.807, 2.05) is 18.2 Å². The number of aromatic nitrogens is 7. The molecule has 2 N–H and O–H groups in total. The smallest absolute Gasteiger partial charge is 0.261 e. The molecule has 0 atom stereocenters. The summed E-state index contributed by atoms with van der Waals surface area (Å²) in [4.78, 5) is 23.1. The Bertz CT molecular complexity index is 1740. The van der Waals surface area contributed by atoms with Crippen LogP contribution in [0.25, 0.3) is 55.8 Å². The number of alkyl halides is 2. The van der Waals surface area contributed by atoms with Crippen molar-refractivity contribution in [2.45, 2.75) is 18.9 Å². The Balaban J connectivity index is 1.24. The fourth-order valence-corrected chi connectivity index (χ4v) is 4.85. The molecule has 0 amide bonds. The molecular weight excluding hydrogens is 478 g/mol. The summed E-state index contributed by atoms with van der Waals surface area (Å²) in [6.45, 7) is 0.575. The average molecular weight is 498 g/mol. The molecule has 1 saturated heterocycles. The Kier molecular flexibility index (Phi) is 4.86. The van der Waals surface area contributed by atoms with E-state index in [9.17, 15) is 8.78 Å². The maximum atomic E-state index is 13.6. The number of nitrogens with one attached hydrogen (secondary N) is 2. The fraction of sp³-hybridized carbons (Fsp3) is 0.192. The Morgan fingerprint density at radius 1 is 1.03 bits per heavy atom. The van der Waals surface area contributed by atoms with Crippen molar-refractivity contribution in [2.24, 2.45) is 0 Å². The van der Waals surface area contributed by atoms with E-state index in [1.165, 1.54) is 0 Å². The minimum atomic E-state index is -2.62. The second-order valence-corrected chi connectivity index (χ2v) is 9.27. The molecule has 1 aliphatic rings. The van der Waals surface area contributed by atoms with Crippen molar-refractivity contribution < 1.29 is 13.2 Å². The van der Waals surface area contributed by atoms with E-state index < -0.39 is 5.92 Å². The fourth-order valence-electron chi connectivity index (χ4n) is 4.85. The Hall–Kier alpha value is -4.51. The molecule has 0 spiro atoms. The van der Waals surface area contributed by atoms with Crippen LogP contribution in [0, 0.1) is 0 Å². The van der Waals surface area contributed by atoms with Crippen LogP contribution in [0.3, 0.4) is 0 Å². The number of halogens is 2. The number of furan rings is 1. The van der Waals surface area contributed by atoms with Crippen molar-refractivity contribution in [3.8, 4) is 33.8 Å². The van der Waals surface area contributed by atoms with Gasteiger partial charge in [-0.3, -0.25) is 20.0 Å². The summed E-state index contributed by atoms with van der Waals surface area (Å²) >= 11 is 0. The molecular formula is C26H20F2N8O.